The number of rotatable bonds is 3. The number of hydrogen-bond donors (Lipinski definition) is 0. The zero-order chi connectivity index (χ0) is 17.2. The smallest absolute Gasteiger partial charge is 0.320 e. The Morgan fingerprint density at radius 2 is 1.84 bits per heavy atom. The zero-order valence-electron chi connectivity index (χ0n) is 14.6. The highest BCUT2D eigenvalue weighted by molar-refractivity contribution is 5.71. The molecule has 2 heterocycles. The molecule has 0 radical (unpaired) electrons. The lowest BCUT2D eigenvalue weighted by Crippen LogP contribution is -2.50. The van der Waals surface area contributed by atoms with Crippen molar-refractivity contribution < 1.29 is 9.53 Å². The van der Waals surface area contributed by atoms with Crippen molar-refractivity contribution in [1.82, 2.24) is 4.90 Å². The van der Waals surface area contributed by atoms with Crippen LogP contribution in [0, 0.1) is 0 Å². The topological polar surface area (TPSA) is 32.8 Å². The van der Waals surface area contributed by atoms with Gasteiger partial charge in [0.25, 0.3) is 0 Å². The average Bonchev–Trinajstić information content (AvgIpc) is 2.76. The molecule has 2 aliphatic heterocycles. The van der Waals surface area contributed by atoms with Crippen molar-refractivity contribution >= 4 is 11.7 Å². The molecule has 1 fully saturated rings. The maximum absolute atomic E-state index is 11.9. The Bertz CT molecular complexity index is 774. The summed E-state index contributed by atoms with van der Waals surface area (Å²) in [5.41, 5.74) is 5.49. The first-order valence-electron chi connectivity index (χ1n) is 9.06. The number of fused-ring (bicyclic) bond motifs is 5. The Morgan fingerprint density at radius 3 is 2.68 bits per heavy atom. The standard InChI is InChI=1S/C21H24N2O2/c1-2-25-21(24)15-22-11-12-23-19-10-6-4-8-17(19)13-16-7-3-5-9-18(16)20(23)14-22/h3-10,20H,2,11-15H2,1H3. The molecule has 0 N–H and O–H groups in total. The monoisotopic (exact) mass is 336 g/mol. The Morgan fingerprint density at radius 1 is 1.08 bits per heavy atom. The Hall–Kier alpha value is -2.33. The Balaban J connectivity index is 1.67. The Labute approximate surface area is 149 Å². The molecule has 1 atom stereocenters. The predicted octanol–water partition coefficient (Wildman–Crippen LogP) is 3.02. The summed E-state index contributed by atoms with van der Waals surface area (Å²) in [6.07, 6.45) is 0.969. The predicted molar refractivity (Wildman–Crippen MR) is 98.9 cm³/mol. The third-order valence-electron chi connectivity index (χ3n) is 5.22. The van der Waals surface area contributed by atoms with Crippen LogP contribution in [0.2, 0.25) is 0 Å². The number of anilines is 1. The van der Waals surface area contributed by atoms with Gasteiger partial charge in [-0.05, 0) is 36.1 Å². The second-order valence-electron chi connectivity index (χ2n) is 6.75. The van der Waals surface area contributed by atoms with Gasteiger partial charge >= 0.3 is 5.97 Å². The normalized spacial score (nSPS) is 19.4. The van der Waals surface area contributed by atoms with E-state index in [0.717, 1.165) is 26.1 Å². The minimum Gasteiger partial charge on any atom is -0.465 e. The van der Waals surface area contributed by atoms with Crippen molar-refractivity contribution in [3.63, 3.8) is 0 Å². The molecule has 130 valence electrons. The molecule has 2 aromatic rings. The van der Waals surface area contributed by atoms with Crippen molar-refractivity contribution in [3.8, 4) is 0 Å². The molecule has 1 saturated heterocycles. The molecule has 4 nitrogen and oxygen atoms in total. The summed E-state index contributed by atoms with van der Waals surface area (Å²) in [6, 6.07) is 17.7. The fourth-order valence-electron chi connectivity index (χ4n) is 4.09. The summed E-state index contributed by atoms with van der Waals surface area (Å²) in [7, 11) is 0. The summed E-state index contributed by atoms with van der Waals surface area (Å²) < 4.78 is 5.14. The van der Waals surface area contributed by atoms with Gasteiger partial charge in [0.2, 0.25) is 0 Å². The first-order chi connectivity index (χ1) is 12.3. The minimum absolute atomic E-state index is 0.127. The summed E-state index contributed by atoms with van der Waals surface area (Å²) in [6.45, 7) is 5.33. The van der Waals surface area contributed by atoms with E-state index in [1.165, 1.54) is 22.4 Å². The van der Waals surface area contributed by atoms with Gasteiger partial charge in [-0.3, -0.25) is 9.69 Å². The van der Waals surface area contributed by atoms with Gasteiger partial charge in [-0.25, -0.2) is 0 Å². The number of ether oxygens (including phenoxy) is 1. The van der Waals surface area contributed by atoms with Gasteiger partial charge in [-0.15, -0.1) is 0 Å². The van der Waals surface area contributed by atoms with Gasteiger partial charge in [-0.2, -0.15) is 0 Å². The third-order valence-corrected chi connectivity index (χ3v) is 5.22. The van der Waals surface area contributed by atoms with Crippen LogP contribution in [-0.4, -0.2) is 43.7 Å². The molecular formula is C21H24N2O2. The number of nitrogens with zero attached hydrogens (tertiary/aromatic N) is 2. The molecule has 0 aliphatic carbocycles. The van der Waals surface area contributed by atoms with Gasteiger partial charge < -0.3 is 9.64 Å². The lowest BCUT2D eigenvalue weighted by molar-refractivity contribution is -0.144. The Kier molecular flexibility index (Phi) is 4.45. The molecule has 0 spiro atoms. The number of carbonyl (C=O) groups excluding carboxylic acids is 1. The van der Waals surface area contributed by atoms with Crippen molar-refractivity contribution in [2.24, 2.45) is 0 Å². The van der Waals surface area contributed by atoms with Crippen LogP contribution in [0.4, 0.5) is 5.69 Å². The highest BCUT2D eigenvalue weighted by atomic mass is 16.5. The van der Waals surface area contributed by atoms with Gasteiger partial charge in [0, 0.05) is 25.3 Å². The van der Waals surface area contributed by atoms with Crippen LogP contribution in [0.3, 0.4) is 0 Å². The number of piperazine rings is 1. The van der Waals surface area contributed by atoms with E-state index >= 15 is 0 Å². The van der Waals surface area contributed by atoms with Crippen molar-refractivity contribution in [1.29, 1.82) is 0 Å². The van der Waals surface area contributed by atoms with E-state index in [-0.39, 0.29) is 12.0 Å². The fraction of sp³-hybridized carbons (Fsp3) is 0.381. The number of esters is 1. The second-order valence-corrected chi connectivity index (χ2v) is 6.75. The van der Waals surface area contributed by atoms with Crippen LogP contribution in [0.1, 0.15) is 29.7 Å². The van der Waals surface area contributed by atoms with Crippen LogP contribution in [0.25, 0.3) is 0 Å². The number of hydrogen-bond acceptors (Lipinski definition) is 4. The van der Waals surface area contributed by atoms with Crippen molar-refractivity contribution in [2.75, 3.05) is 37.7 Å². The molecule has 4 heteroatoms. The molecule has 0 aromatic heterocycles. The van der Waals surface area contributed by atoms with Gasteiger partial charge in [0.1, 0.15) is 0 Å². The highest BCUT2D eigenvalue weighted by Crippen LogP contribution is 2.38. The highest BCUT2D eigenvalue weighted by Gasteiger charge is 2.33. The van der Waals surface area contributed by atoms with E-state index in [1.807, 2.05) is 6.92 Å². The zero-order valence-corrected chi connectivity index (χ0v) is 14.6. The van der Waals surface area contributed by atoms with E-state index < -0.39 is 0 Å². The van der Waals surface area contributed by atoms with E-state index in [1.54, 1.807) is 0 Å². The van der Waals surface area contributed by atoms with E-state index in [4.69, 9.17) is 4.74 Å². The van der Waals surface area contributed by atoms with Crippen LogP contribution in [0.5, 0.6) is 0 Å². The summed E-state index contributed by atoms with van der Waals surface area (Å²) in [4.78, 5) is 16.6. The molecule has 4 rings (SSSR count). The van der Waals surface area contributed by atoms with Crippen LogP contribution in [0.15, 0.2) is 48.5 Å². The maximum atomic E-state index is 11.9. The third kappa shape index (κ3) is 3.14. The lowest BCUT2D eigenvalue weighted by Gasteiger charge is -2.42. The fourth-order valence-corrected chi connectivity index (χ4v) is 4.09. The first kappa shape index (κ1) is 16.2. The summed E-state index contributed by atoms with van der Waals surface area (Å²) in [5, 5.41) is 0. The van der Waals surface area contributed by atoms with Crippen molar-refractivity contribution in [3.05, 3.63) is 65.2 Å². The molecule has 0 amide bonds. The molecule has 2 aliphatic rings. The van der Waals surface area contributed by atoms with Crippen LogP contribution >= 0.6 is 0 Å². The molecule has 1 unspecified atom stereocenters. The van der Waals surface area contributed by atoms with Crippen molar-refractivity contribution in [2.45, 2.75) is 19.4 Å². The molecule has 0 bridgehead atoms. The quantitative estimate of drug-likeness (QED) is 0.807. The minimum atomic E-state index is -0.127. The first-order valence-corrected chi connectivity index (χ1v) is 9.06. The number of para-hydroxylation sites is 1. The maximum Gasteiger partial charge on any atom is 0.320 e. The van der Waals surface area contributed by atoms with E-state index in [2.05, 4.69) is 58.3 Å². The van der Waals surface area contributed by atoms with Crippen LogP contribution < -0.4 is 4.90 Å². The number of carbonyl (C=O) groups is 1. The van der Waals surface area contributed by atoms with Gasteiger partial charge in [0.05, 0.1) is 19.2 Å². The molecule has 0 saturated carbocycles. The second kappa shape index (κ2) is 6.89. The SMILES string of the molecule is CCOC(=O)CN1CCN2c3ccccc3Cc3ccccc3C2C1. The van der Waals surface area contributed by atoms with Gasteiger partial charge in [-0.1, -0.05) is 42.5 Å². The average molecular weight is 336 g/mol. The number of benzene rings is 2. The molecule has 2 aromatic carbocycles. The molecule has 25 heavy (non-hydrogen) atoms. The summed E-state index contributed by atoms with van der Waals surface area (Å²) >= 11 is 0. The lowest BCUT2D eigenvalue weighted by atomic mass is 9.96. The molecular weight excluding hydrogens is 312 g/mol. The van der Waals surface area contributed by atoms with Crippen LogP contribution in [-0.2, 0) is 16.0 Å². The summed E-state index contributed by atoms with van der Waals surface area (Å²) in [5.74, 6) is -0.127. The van der Waals surface area contributed by atoms with E-state index in [0.29, 0.717) is 13.2 Å². The largest absolute Gasteiger partial charge is 0.465 e. The van der Waals surface area contributed by atoms with Gasteiger partial charge in [0.15, 0.2) is 0 Å². The van der Waals surface area contributed by atoms with E-state index in [9.17, 15) is 4.79 Å².